The molecule has 0 unspecified atom stereocenters. The molecule has 0 radical (unpaired) electrons. The van der Waals surface area contributed by atoms with Gasteiger partial charge in [-0.25, -0.2) is 9.78 Å². The van der Waals surface area contributed by atoms with Gasteiger partial charge in [-0.05, 0) is 0 Å². The zero-order valence-corrected chi connectivity index (χ0v) is 12.2. The lowest BCUT2D eigenvalue weighted by Gasteiger charge is -2.32. The number of nitrogens with one attached hydrogen (secondary N) is 1. The molecule has 0 bridgehead atoms. The first-order valence-corrected chi connectivity index (χ1v) is 7.09. The molecule has 1 aliphatic rings. The Morgan fingerprint density at radius 3 is 3.05 bits per heavy atom. The van der Waals surface area contributed by atoms with E-state index in [2.05, 4.69) is 15.1 Å². The van der Waals surface area contributed by atoms with Crippen molar-refractivity contribution in [1.82, 2.24) is 20.0 Å². The summed E-state index contributed by atoms with van der Waals surface area (Å²) in [5, 5.41) is 13.2. The standard InChI is InChI=1S/C13H13ClN4O4/c14-9-5-7(22-17-9)1-2-10(19)18-4-3-8-11(16-6-15-8)12(18)13(20)21/h5-6,12H,1-4H2,(H,15,16)(H,20,21)/t12-/m0/s1. The summed E-state index contributed by atoms with van der Waals surface area (Å²) in [7, 11) is 0. The summed E-state index contributed by atoms with van der Waals surface area (Å²) in [6.45, 7) is 0.335. The van der Waals surface area contributed by atoms with Crippen LogP contribution in [0.4, 0.5) is 0 Å². The number of aromatic nitrogens is 3. The number of carbonyl (C=O) groups is 2. The van der Waals surface area contributed by atoms with Crippen molar-refractivity contribution >= 4 is 23.5 Å². The minimum Gasteiger partial charge on any atom is -0.479 e. The van der Waals surface area contributed by atoms with Gasteiger partial charge in [-0.1, -0.05) is 16.8 Å². The fourth-order valence-electron chi connectivity index (χ4n) is 2.57. The van der Waals surface area contributed by atoms with Crippen LogP contribution in [0.3, 0.4) is 0 Å². The molecule has 8 nitrogen and oxygen atoms in total. The molecule has 2 aromatic rings. The Morgan fingerprint density at radius 1 is 1.55 bits per heavy atom. The molecular weight excluding hydrogens is 312 g/mol. The van der Waals surface area contributed by atoms with Crippen LogP contribution in [0, 0.1) is 0 Å². The van der Waals surface area contributed by atoms with E-state index in [9.17, 15) is 14.7 Å². The molecule has 0 fully saturated rings. The third kappa shape index (κ3) is 2.69. The molecule has 3 heterocycles. The molecule has 2 aromatic heterocycles. The molecule has 0 saturated heterocycles. The van der Waals surface area contributed by atoms with E-state index in [1.165, 1.54) is 17.3 Å². The van der Waals surface area contributed by atoms with Gasteiger partial charge in [0, 0.05) is 37.6 Å². The fraction of sp³-hybridized carbons (Fsp3) is 0.385. The van der Waals surface area contributed by atoms with Gasteiger partial charge in [0.2, 0.25) is 5.91 Å². The van der Waals surface area contributed by atoms with Crippen LogP contribution < -0.4 is 0 Å². The summed E-state index contributed by atoms with van der Waals surface area (Å²) in [6.07, 6.45) is 2.44. The lowest BCUT2D eigenvalue weighted by atomic mass is 10.0. The SMILES string of the molecule is O=C(O)[C@@H]1c2nc[nH]c2CCN1C(=O)CCc1cc(Cl)no1. The lowest BCUT2D eigenvalue weighted by molar-refractivity contribution is -0.151. The largest absolute Gasteiger partial charge is 0.479 e. The van der Waals surface area contributed by atoms with Gasteiger partial charge >= 0.3 is 5.97 Å². The third-order valence-electron chi connectivity index (χ3n) is 3.59. The summed E-state index contributed by atoms with van der Waals surface area (Å²) >= 11 is 5.64. The Morgan fingerprint density at radius 2 is 2.36 bits per heavy atom. The first kappa shape index (κ1) is 14.6. The second kappa shape index (κ2) is 5.80. The number of hydrogen-bond donors (Lipinski definition) is 2. The van der Waals surface area contributed by atoms with Gasteiger partial charge in [-0.2, -0.15) is 0 Å². The van der Waals surface area contributed by atoms with Gasteiger partial charge < -0.3 is 19.5 Å². The summed E-state index contributed by atoms with van der Waals surface area (Å²) in [4.78, 5) is 32.2. The highest BCUT2D eigenvalue weighted by Crippen LogP contribution is 2.28. The Kier molecular flexibility index (Phi) is 3.84. The van der Waals surface area contributed by atoms with Crippen LogP contribution in [-0.4, -0.2) is 43.6 Å². The molecule has 0 aromatic carbocycles. The first-order valence-electron chi connectivity index (χ1n) is 6.72. The molecule has 0 spiro atoms. The molecule has 116 valence electrons. The quantitative estimate of drug-likeness (QED) is 0.873. The van der Waals surface area contributed by atoms with E-state index in [0.29, 0.717) is 30.8 Å². The number of rotatable bonds is 4. The summed E-state index contributed by atoms with van der Waals surface area (Å²) in [6, 6.07) is 0.478. The number of hydrogen-bond acceptors (Lipinski definition) is 5. The zero-order chi connectivity index (χ0) is 15.7. The number of fused-ring (bicyclic) bond motifs is 1. The highest BCUT2D eigenvalue weighted by Gasteiger charge is 2.37. The minimum atomic E-state index is -1.09. The van der Waals surface area contributed by atoms with Gasteiger partial charge in [-0.3, -0.25) is 4.79 Å². The molecule has 3 rings (SSSR count). The predicted octanol–water partition coefficient (Wildman–Crippen LogP) is 1.19. The van der Waals surface area contributed by atoms with E-state index in [1.807, 2.05) is 0 Å². The molecule has 1 aliphatic heterocycles. The summed E-state index contributed by atoms with van der Waals surface area (Å²) in [5.74, 6) is -0.875. The number of H-pyrrole nitrogens is 1. The van der Waals surface area contributed by atoms with Gasteiger partial charge in [0.05, 0.1) is 12.0 Å². The third-order valence-corrected chi connectivity index (χ3v) is 3.77. The monoisotopic (exact) mass is 324 g/mol. The Hall–Kier alpha value is -2.35. The number of aliphatic carboxylic acids is 1. The van der Waals surface area contributed by atoms with Crippen LogP contribution >= 0.6 is 11.6 Å². The van der Waals surface area contributed by atoms with Crippen molar-refractivity contribution in [2.24, 2.45) is 0 Å². The van der Waals surface area contributed by atoms with Crippen LogP contribution in [0.1, 0.15) is 29.6 Å². The summed E-state index contributed by atoms with van der Waals surface area (Å²) < 4.78 is 4.93. The Labute approximate surface area is 130 Å². The van der Waals surface area contributed by atoms with Crippen molar-refractivity contribution < 1.29 is 19.2 Å². The molecule has 0 saturated carbocycles. The maximum atomic E-state index is 12.4. The van der Waals surface area contributed by atoms with Crippen molar-refractivity contribution in [1.29, 1.82) is 0 Å². The maximum absolute atomic E-state index is 12.4. The number of carbonyl (C=O) groups excluding carboxylic acids is 1. The normalized spacial score (nSPS) is 17.3. The van der Waals surface area contributed by atoms with E-state index < -0.39 is 12.0 Å². The molecule has 2 N–H and O–H groups in total. The number of amides is 1. The van der Waals surface area contributed by atoms with Crippen molar-refractivity contribution in [3.63, 3.8) is 0 Å². The molecule has 0 aliphatic carbocycles. The van der Waals surface area contributed by atoms with E-state index in [-0.39, 0.29) is 17.5 Å². The van der Waals surface area contributed by atoms with Crippen LogP contribution in [0.2, 0.25) is 5.15 Å². The van der Waals surface area contributed by atoms with Crippen LogP contribution in [0.25, 0.3) is 0 Å². The van der Waals surface area contributed by atoms with E-state index >= 15 is 0 Å². The van der Waals surface area contributed by atoms with E-state index in [4.69, 9.17) is 16.1 Å². The van der Waals surface area contributed by atoms with Gasteiger partial charge in [0.15, 0.2) is 11.2 Å². The molecular formula is C13H13ClN4O4. The predicted molar refractivity (Wildman–Crippen MR) is 74.2 cm³/mol. The highest BCUT2D eigenvalue weighted by molar-refractivity contribution is 6.29. The lowest BCUT2D eigenvalue weighted by Crippen LogP contribution is -2.43. The average Bonchev–Trinajstić information content (AvgIpc) is 3.11. The number of carboxylic acids is 1. The number of halogens is 1. The van der Waals surface area contributed by atoms with Crippen LogP contribution in [0.5, 0.6) is 0 Å². The highest BCUT2D eigenvalue weighted by atomic mass is 35.5. The van der Waals surface area contributed by atoms with Crippen LogP contribution in [-0.2, 0) is 22.4 Å². The second-order valence-corrected chi connectivity index (χ2v) is 5.35. The fourth-order valence-corrected chi connectivity index (χ4v) is 2.73. The van der Waals surface area contributed by atoms with Crippen LogP contribution in [0.15, 0.2) is 16.9 Å². The summed E-state index contributed by atoms with van der Waals surface area (Å²) in [5.41, 5.74) is 1.16. The van der Waals surface area contributed by atoms with Crippen molar-refractivity contribution in [2.75, 3.05) is 6.54 Å². The first-order chi connectivity index (χ1) is 10.6. The van der Waals surface area contributed by atoms with Gasteiger partial charge in [-0.15, -0.1) is 0 Å². The van der Waals surface area contributed by atoms with Gasteiger partial charge in [0.25, 0.3) is 0 Å². The van der Waals surface area contributed by atoms with E-state index in [1.54, 1.807) is 0 Å². The van der Waals surface area contributed by atoms with Gasteiger partial charge in [0.1, 0.15) is 5.76 Å². The number of aromatic amines is 1. The zero-order valence-electron chi connectivity index (χ0n) is 11.5. The van der Waals surface area contributed by atoms with Crippen molar-refractivity contribution in [3.05, 3.63) is 34.7 Å². The number of imidazole rings is 1. The minimum absolute atomic E-state index is 0.120. The number of aryl methyl sites for hydroxylation is 1. The molecule has 1 amide bonds. The molecule has 22 heavy (non-hydrogen) atoms. The average molecular weight is 325 g/mol. The number of carboxylic acid groups (broad SMARTS) is 1. The Bertz CT molecular complexity index is 710. The van der Waals surface area contributed by atoms with E-state index in [0.717, 1.165) is 5.69 Å². The van der Waals surface area contributed by atoms with Crippen molar-refractivity contribution in [3.8, 4) is 0 Å². The Balaban J connectivity index is 1.73. The maximum Gasteiger partial charge on any atom is 0.332 e. The second-order valence-electron chi connectivity index (χ2n) is 4.96. The smallest absolute Gasteiger partial charge is 0.332 e. The molecule has 1 atom stereocenters. The van der Waals surface area contributed by atoms with Crippen molar-refractivity contribution in [2.45, 2.75) is 25.3 Å². The topological polar surface area (TPSA) is 112 Å². The molecule has 9 heteroatoms. The number of nitrogens with zero attached hydrogens (tertiary/aromatic N) is 3.